The Balaban J connectivity index is 2.07. The van der Waals surface area contributed by atoms with Crippen molar-refractivity contribution in [2.24, 2.45) is 28.1 Å². The van der Waals surface area contributed by atoms with Crippen molar-refractivity contribution in [2.45, 2.75) is 119 Å². The molecule has 246 valence electrons. The Morgan fingerprint density at radius 1 is 0.956 bits per heavy atom. The van der Waals surface area contributed by atoms with Crippen LogP contribution in [0.25, 0.3) is 0 Å². The summed E-state index contributed by atoms with van der Waals surface area (Å²) in [6.07, 6.45) is 6.87. The van der Waals surface area contributed by atoms with Crippen LogP contribution >= 0.6 is 0 Å². The SMILES string of the molecule is CC(C)=CC[C@@H]1C[C@]23C[C@H](CCC(C)(C)O)C(C)(C)OC2=C(C(=O)c2ccc(O)c(O)c2)C(=O)[C@@](CC=C(C)C)(C3=O)C1(C)C. The summed E-state index contributed by atoms with van der Waals surface area (Å²) in [5.74, 6) is -2.26. The summed E-state index contributed by atoms with van der Waals surface area (Å²) in [5.41, 5.74) is -3.29. The molecule has 0 aromatic heterocycles. The first-order valence-corrected chi connectivity index (χ1v) is 16.2. The molecule has 2 aliphatic carbocycles. The van der Waals surface area contributed by atoms with Gasteiger partial charge in [-0.1, -0.05) is 37.1 Å². The Labute approximate surface area is 268 Å². The van der Waals surface area contributed by atoms with Gasteiger partial charge in [0.1, 0.15) is 22.3 Å². The summed E-state index contributed by atoms with van der Waals surface area (Å²) < 4.78 is 6.79. The summed E-state index contributed by atoms with van der Waals surface area (Å²) in [4.78, 5) is 45.0. The average molecular weight is 621 g/mol. The van der Waals surface area contributed by atoms with Crippen molar-refractivity contribution in [3.63, 3.8) is 0 Å². The first-order chi connectivity index (χ1) is 20.6. The van der Waals surface area contributed by atoms with Crippen molar-refractivity contribution in [3.8, 4) is 11.5 Å². The van der Waals surface area contributed by atoms with Crippen molar-refractivity contribution in [3.05, 3.63) is 58.4 Å². The molecule has 0 amide bonds. The van der Waals surface area contributed by atoms with Crippen LogP contribution in [0, 0.1) is 28.1 Å². The molecule has 7 heteroatoms. The number of aliphatic hydroxyl groups is 1. The lowest BCUT2D eigenvalue weighted by Crippen LogP contribution is -2.69. The van der Waals surface area contributed by atoms with Crippen LogP contribution in [0.4, 0.5) is 0 Å². The van der Waals surface area contributed by atoms with Gasteiger partial charge in [-0.25, -0.2) is 0 Å². The number of phenolic OH excluding ortho intramolecular Hbond substituents is 2. The third-order valence-electron chi connectivity index (χ3n) is 11.0. The fraction of sp³-hybridized carbons (Fsp3) is 0.605. The highest BCUT2D eigenvalue weighted by Gasteiger charge is 2.74. The Kier molecular flexibility index (Phi) is 8.91. The van der Waals surface area contributed by atoms with Gasteiger partial charge in [0.05, 0.1) is 11.0 Å². The number of Topliss-reactive ketones (excluding diaryl/α,β-unsaturated/α-hetero) is 3. The lowest BCUT2D eigenvalue weighted by Gasteiger charge is -2.64. The van der Waals surface area contributed by atoms with E-state index in [1.165, 1.54) is 12.1 Å². The van der Waals surface area contributed by atoms with E-state index in [1.807, 2.05) is 61.5 Å². The minimum Gasteiger partial charge on any atom is -0.504 e. The Morgan fingerprint density at radius 3 is 2.11 bits per heavy atom. The third kappa shape index (κ3) is 5.82. The number of carbonyl (C=O) groups excluding carboxylic acids is 3. The molecule has 1 aliphatic heterocycles. The van der Waals surface area contributed by atoms with Crippen LogP contribution in [-0.2, 0) is 14.3 Å². The second-order valence-electron chi connectivity index (χ2n) is 16.0. The Bertz CT molecular complexity index is 1490. The van der Waals surface area contributed by atoms with Crippen LogP contribution in [-0.4, -0.2) is 43.9 Å². The van der Waals surface area contributed by atoms with Crippen molar-refractivity contribution < 1.29 is 34.4 Å². The fourth-order valence-electron chi connectivity index (χ4n) is 7.95. The minimum absolute atomic E-state index is 0.0329. The molecule has 1 saturated heterocycles. The molecule has 4 rings (SSSR count). The number of benzene rings is 1. The molecular weight excluding hydrogens is 568 g/mol. The Hall–Kier alpha value is -3.19. The number of fused-ring (bicyclic) bond motifs is 1. The summed E-state index contributed by atoms with van der Waals surface area (Å²) in [7, 11) is 0. The van der Waals surface area contributed by atoms with Crippen molar-refractivity contribution in [2.75, 3.05) is 0 Å². The number of carbonyl (C=O) groups is 3. The number of allylic oxidation sites excluding steroid dienone is 6. The van der Waals surface area contributed by atoms with Crippen molar-refractivity contribution in [1.82, 2.24) is 0 Å². The van der Waals surface area contributed by atoms with Gasteiger partial charge in [-0.3, -0.25) is 14.4 Å². The number of rotatable bonds is 9. The quantitative estimate of drug-likeness (QED) is 0.0847. The third-order valence-corrected chi connectivity index (χ3v) is 11.0. The summed E-state index contributed by atoms with van der Waals surface area (Å²) >= 11 is 0. The van der Waals surface area contributed by atoms with Gasteiger partial charge in [0.2, 0.25) is 0 Å². The van der Waals surface area contributed by atoms with Crippen LogP contribution < -0.4 is 0 Å². The first kappa shape index (κ1) is 34.7. The number of ether oxygens (including phenoxy) is 1. The first-order valence-electron chi connectivity index (χ1n) is 16.2. The number of hydrogen-bond acceptors (Lipinski definition) is 7. The van der Waals surface area contributed by atoms with Gasteiger partial charge in [0.25, 0.3) is 0 Å². The van der Waals surface area contributed by atoms with Gasteiger partial charge in [-0.15, -0.1) is 0 Å². The molecule has 2 fully saturated rings. The molecule has 1 aromatic rings. The van der Waals surface area contributed by atoms with Crippen molar-refractivity contribution >= 4 is 17.3 Å². The topological polar surface area (TPSA) is 121 Å². The van der Waals surface area contributed by atoms with Gasteiger partial charge in [0.15, 0.2) is 28.8 Å². The standard InChI is InChI=1S/C38H52O7/c1-22(2)11-13-25-20-37-21-26(16-17-34(5,6)44)36(9,10)45-32(37)29(30(41)24-12-14-27(39)28(40)19-24)31(42)38(33(37)43,35(25,7)8)18-15-23(3)4/h11-12,14-15,19,25-26,39-40,44H,13,16-18,20-21H2,1-10H3/t25-,26+,37+,38+/m1/s1. The summed E-state index contributed by atoms with van der Waals surface area (Å²) in [6.45, 7) is 19.3. The summed E-state index contributed by atoms with van der Waals surface area (Å²) in [5, 5.41) is 30.9. The van der Waals surface area contributed by atoms with Gasteiger partial charge in [-0.2, -0.15) is 0 Å². The molecule has 1 saturated carbocycles. The highest BCUT2D eigenvalue weighted by molar-refractivity contribution is 6.35. The smallest absolute Gasteiger partial charge is 0.200 e. The number of ketones is 3. The fourth-order valence-corrected chi connectivity index (χ4v) is 7.95. The maximum Gasteiger partial charge on any atom is 0.200 e. The molecule has 1 heterocycles. The lowest BCUT2D eigenvalue weighted by molar-refractivity contribution is -0.189. The van der Waals surface area contributed by atoms with E-state index in [2.05, 4.69) is 6.08 Å². The van der Waals surface area contributed by atoms with Crippen LogP contribution in [0.5, 0.6) is 11.5 Å². The van der Waals surface area contributed by atoms with Gasteiger partial charge >= 0.3 is 0 Å². The highest BCUT2D eigenvalue weighted by Crippen LogP contribution is 2.69. The largest absolute Gasteiger partial charge is 0.504 e. The Morgan fingerprint density at radius 2 is 1.56 bits per heavy atom. The molecular formula is C38H52O7. The number of phenols is 2. The summed E-state index contributed by atoms with van der Waals surface area (Å²) in [6, 6.07) is 3.76. The lowest BCUT2D eigenvalue weighted by atomic mass is 9.39. The second-order valence-corrected chi connectivity index (χ2v) is 16.0. The molecule has 3 N–H and O–H groups in total. The number of aromatic hydroxyl groups is 2. The van der Waals surface area contributed by atoms with E-state index in [0.717, 1.165) is 17.2 Å². The highest BCUT2D eigenvalue weighted by atomic mass is 16.5. The molecule has 0 unspecified atom stereocenters. The van der Waals surface area contributed by atoms with Crippen molar-refractivity contribution in [1.29, 1.82) is 0 Å². The van der Waals surface area contributed by atoms with E-state index >= 15 is 9.59 Å². The zero-order valence-electron chi connectivity index (χ0n) is 28.8. The normalized spacial score (nSPS) is 28.6. The minimum atomic E-state index is -1.53. The second kappa shape index (κ2) is 11.6. The molecule has 45 heavy (non-hydrogen) atoms. The maximum absolute atomic E-state index is 15.4. The predicted molar refractivity (Wildman–Crippen MR) is 175 cm³/mol. The van der Waals surface area contributed by atoms with Crippen LogP contribution in [0.2, 0.25) is 0 Å². The van der Waals surface area contributed by atoms with Crippen LogP contribution in [0.1, 0.15) is 118 Å². The van der Waals surface area contributed by atoms with Crippen LogP contribution in [0.3, 0.4) is 0 Å². The van der Waals surface area contributed by atoms with Crippen LogP contribution in [0.15, 0.2) is 52.8 Å². The molecule has 7 nitrogen and oxygen atoms in total. The van der Waals surface area contributed by atoms with Gasteiger partial charge in [-0.05, 0) is 129 Å². The van der Waals surface area contributed by atoms with Gasteiger partial charge in [0, 0.05) is 5.56 Å². The predicted octanol–water partition coefficient (Wildman–Crippen LogP) is 7.78. The van der Waals surface area contributed by atoms with E-state index in [0.29, 0.717) is 32.1 Å². The van der Waals surface area contributed by atoms with E-state index < -0.39 is 44.8 Å². The molecule has 1 spiro atoms. The molecule has 3 aliphatic rings. The zero-order chi connectivity index (χ0) is 33.9. The van der Waals surface area contributed by atoms with Gasteiger partial charge < -0.3 is 20.1 Å². The molecule has 1 aromatic carbocycles. The monoisotopic (exact) mass is 620 g/mol. The number of hydrogen-bond donors (Lipinski definition) is 3. The maximum atomic E-state index is 15.4. The van der Waals surface area contributed by atoms with E-state index in [-0.39, 0.29) is 46.7 Å². The zero-order valence-corrected chi connectivity index (χ0v) is 28.8. The molecule has 0 radical (unpaired) electrons. The van der Waals surface area contributed by atoms with E-state index in [1.54, 1.807) is 13.8 Å². The van der Waals surface area contributed by atoms with E-state index in [9.17, 15) is 20.1 Å². The molecule has 2 bridgehead atoms. The molecule has 4 atom stereocenters. The van der Waals surface area contributed by atoms with E-state index in [4.69, 9.17) is 4.74 Å². The average Bonchev–Trinajstić information content (AvgIpc) is 2.90.